The Balaban J connectivity index is 2.63. The molecule has 0 atom stereocenters. The van der Waals surface area contributed by atoms with E-state index in [0.29, 0.717) is 11.3 Å². The zero-order valence-electron chi connectivity index (χ0n) is 11.8. The van der Waals surface area contributed by atoms with Gasteiger partial charge in [-0.3, -0.25) is 0 Å². The molecule has 2 rings (SSSR count). The number of nitrogens with zero attached hydrogens (tertiary/aromatic N) is 3. The molecule has 0 radical (unpaired) electrons. The molecule has 1 N–H and O–H groups in total. The molecular formula is C15H16N4O. The molecule has 5 heteroatoms. The second kappa shape index (κ2) is 6.02. The number of anilines is 1. The summed E-state index contributed by atoms with van der Waals surface area (Å²) < 4.78 is 5.36. The van der Waals surface area contributed by atoms with Gasteiger partial charge in [-0.2, -0.15) is 5.26 Å². The smallest absolute Gasteiger partial charge is 0.131 e. The van der Waals surface area contributed by atoms with Crippen molar-refractivity contribution in [3.05, 3.63) is 35.7 Å². The van der Waals surface area contributed by atoms with Crippen LogP contribution in [0.25, 0.3) is 11.3 Å². The van der Waals surface area contributed by atoms with Gasteiger partial charge < -0.3 is 10.1 Å². The Kier molecular flexibility index (Phi) is 4.16. The lowest BCUT2D eigenvalue weighted by Gasteiger charge is -2.11. The van der Waals surface area contributed by atoms with Gasteiger partial charge in [-0.25, -0.2) is 9.97 Å². The molecule has 102 valence electrons. The van der Waals surface area contributed by atoms with E-state index >= 15 is 0 Å². The normalized spacial score (nSPS) is 9.90. The average molecular weight is 268 g/mol. The van der Waals surface area contributed by atoms with Crippen LogP contribution < -0.4 is 10.1 Å². The summed E-state index contributed by atoms with van der Waals surface area (Å²) >= 11 is 0. The van der Waals surface area contributed by atoms with Gasteiger partial charge in [0.2, 0.25) is 0 Å². The Morgan fingerprint density at radius 3 is 2.70 bits per heavy atom. The van der Waals surface area contributed by atoms with Gasteiger partial charge in [0, 0.05) is 25.1 Å². The minimum atomic E-state index is 0.573. The fourth-order valence-corrected chi connectivity index (χ4v) is 1.90. The summed E-state index contributed by atoms with van der Waals surface area (Å²) in [5, 5.41) is 12.1. The summed E-state index contributed by atoms with van der Waals surface area (Å²) in [6.45, 7) is 2.00. The molecule has 0 saturated heterocycles. The van der Waals surface area contributed by atoms with Crippen molar-refractivity contribution in [2.75, 3.05) is 19.5 Å². The van der Waals surface area contributed by atoms with Gasteiger partial charge in [0.25, 0.3) is 0 Å². The molecule has 0 aliphatic rings. The van der Waals surface area contributed by atoms with Crippen molar-refractivity contribution in [1.82, 2.24) is 9.97 Å². The lowest BCUT2D eigenvalue weighted by atomic mass is 10.1. The predicted octanol–water partition coefficient (Wildman–Crippen LogP) is 2.63. The van der Waals surface area contributed by atoms with E-state index in [9.17, 15) is 0 Å². The molecule has 0 unspecified atom stereocenters. The van der Waals surface area contributed by atoms with Crippen molar-refractivity contribution in [3.63, 3.8) is 0 Å². The quantitative estimate of drug-likeness (QED) is 0.923. The summed E-state index contributed by atoms with van der Waals surface area (Å²) in [5.74, 6) is 2.18. The van der Waals surface area contributed by atoms with E-state index in [4.69, 9.17) is 10.00 Å². The van der Waals surface area contributed by atoms with E-state index in [-0.39, 0.29) is 0 Å². The minimum absolute atomic E-state index is 0.573. The number of methoxy groups -OCH3 is 1. The number of hydrogen-bond donors (Lipinski definition) is 1. The molecule has 0 amide bonds. The zero-order chi connectivity index (χ0) is 14.5. The zero-order valence-corrected chi connectivity index (χ0v) is 11.8. The van der Waals surface area contributed by atoms with Crippen molar-refractivity contribution in [2.24, 2.45) is 0 Å². The average Bonchev–Trinajstić information content (AvgIpc) is 2.53. The van der Waals surface area contributed by atoms with Gasteiger partial charge in [0.1, 0.15) is 17.4 Å². The third kappa shape index (κ3) is 2.69. The maximum atomic E-state index is 9.04. The van der Waals surface area contributed by atoms with Crippen molar-refractivity contribution < 1.29 is 4.74 Å². The fraction of sp³-hybridized carbons (Fsp3) is 0.267. The molecule has 0 aliphatic carbocycles. The number of nitrogens with one attached hydrogen (secondary N) is 1. The van der Waals surface area contributed by atoms with E-state index in [0.717, 1.165) is 29.3 Å². The number of rotatable bonds is 4. The highest BCUT2D eigenvalue weighted by molar-refractivity contribution is 5.71. The topological polar surface area (TPSA) is 70.8 Å². The van der Waals surface area contributed by atoms with Crippen LogP contribution in [0, 0.1) is 11.3 Å². The lowest BCUT2D eigenvalue weighted by Crippen LogP contribution is -2.01. The second-order valence-electron chi connectivity index (χ2n) is 4.19. The number of hydrogen-bond acceptors (Lipinski definition) is 5. The van der Waals surface area contributed by atoms with E-state index in [1.807, 2.05) is 20.0 Å². The summed E-state index contributed by atoms with van der Waals surface area (Å²) in [7, 11) is 3.42. The molecule has 20 heavy (non-hydrogen) atoms. The van der Waals surface area contributed by atoms with E-state index in [1.165, 1.54) is 0 Å². The Morgan fingerprint density at radius 1 is 1.30 bits per heavy atom. The highest BCUT2D eigenvalue weighted by Crippen LogP contribution is 2.30. The Bertz CT molecular complexity index is 639. The Hall–Kier alpha value is -2.61. The standard InChI is InChI=1S/C15H16N4O/c1-4-14-18-12(8-15(17-2)19-14)11-7-10(9-16)5-6-13(11)20-3/h5-8H,4H2,1-3H3,(H,17,18,19). The molecule has 1 aromatic carbocycles. The van der Waals surface area contributed by atoms with Crippen LogP contribution in [0.5, 0.6) is 5.75 Å². The summed E-state index contributed by atoms with van der Waals surface area (Å²) in [6, 6.07) is 9.26. The number of aromatic nitrogens is 2. The lowest BCUT2D eigenvalue weighted by molar-refractivity contribution is 0.416. The van der Waals surface area contributed by atoms with Crippen LogP contribution in [-0.4, -0.2) is 24.1 Å². The van der Waals surface area contributed by atoms with E-state index in [1.54, 1.807) is 25.3 Å². The van der Waals surface area contributed by atoms with Gasteiger partial charge in [-0.1, -0.05) is 6.92 Å². The van der Waals surface area contributed by atoms with Gasteiger partial charge in [-0.05, 0) is 18.2 Å². The van der Waals surface area contributed by atoms with E-state index in [2.05, 4.69) is 21.4 Å². The van der Waals surface area contributed by atoms with Crippen LogP contribution in [-0.2, 0) is 6.42 Å². The molecule has 0 spiro atoms. The molecule has 5 nitrogen and oxygen atoms in total. The SMILES string of the molecule is CCc1nc(NC)cc(-c2cc(C#N)ccc2OC)n1. The first-order chi connectivity index (χ1) is 9.71. The van der Waals surface area contributed by atoms with Gasteiger partial charge in [-0.15, -0.1) is 0 Å². The molecule has 1 heterocycles. The predicted molar refractivity (Wildman–Crippen MR) is 77.7 cm³/mol. The molecule has 0 aliphatic heterocycles. The van der Waals surface area contributed by atoms with Gasteiger partial charge in [0.05, 0.1) is 24.4 Å². The van der Waals surface area contributed by atoms with Crippen LogP contribution in [0.4, 0.5) is 5.82 Å². The molecule has 2 aromatic rings. The fourth-order valence-electron chi connectivity index (χ4n) is 1.90. The minimum Gasteiger partial charge on any atom is -0.496 e. The number of aryl methyl sites for hydroxylation is 1. The van der Waals surface area contributed by atoms with Crippen LogP contribution in [0.3, 0.4) is 0 Å². The second-order valence-corrected chi connectivity index (χ2v) is 4.19. The summed E-state index contributed by atoms with van der Waals surface area (Å²) in [4.78, 5) is 8.88. The first kappa shape index (κ1) is 13.8. The van der Waals surface area contributed by atoms with Gasteiger partial charge in [0.15, 0.2) is 0 Å². The van der Waals surface area contributed by atoms with Crippen molar-refractivity contribution in [2.45, 2.75) is 13.3 Å². The summed E-state index contributed by atoms with van der Waals surface area (Å²) in [6.07, 6.45) is 0.739. The monoisotopic (exact) mass is 268 g/mol. The maximum Gasteiger partial charge on any atom is 0.131 e. The molecule has 0 saturated carbocycles. The van der Waals surface area contributed by atoms with Crippen LogP contribution in [0.2, 0.25) is 0 Å². The van der Waals surface area contributed by atoms with Gasteiger partial charge >= 0.3 is 0 Å². The molecule has 1 aromatic heterocycles. The Labute approximate surface area is 118 Å². The Morgan fingerprint density at radius 2 is 2.10 bits per heavy atom. The maximum absolute atomic E-state index is 9.04. The third-order valence-electron chi connectivity index (χ3n) is 2.95. The first-order valence-corrected chi connectivity index (χ1v) is 6.36. The number of benzene rings is 1. The highest BCUT2D eigenvalue weighted by Gasteiger charge is 2.11. The van der Waals surface area contributed by atoms with Crippen molar-refractivity contribution in [1.29, 1.82) is 5.26 Å². The molecule has 0 fully saturated rings. The number of ether oxygens (including phenoxy) is 1. The van der Waals surface area contributed by atoms with E-state index < -0.39 is 0 Å². The van der Waals surface area contributed by atoms with Crippen LogP contribution in [0.15, 0.2) is 24.3 Å². The van der Waals surface area contributed by atoms with Crippen molar-refractivity contribution in [3.8, 4) is 23.1 Å². The van der Waals surface area contributed by atoms with Crippen LogP contribution in [0.1, 0.15) is 18.3 Å². The largest absolute Gasteiger partial charge is 0.496 e. The van der Waals surface area contributed by atoms with Crippen molar-refractivity contribution >= 4 is 5.82 Å². The molecule has 0 bridgehead atoms. The first-order valence-electron chi connectivity index (χ1n) is 6.36. The summed E-state index contributed by atoms with van der Waals surface area (Å²) in [5.41, 5.74) is 2.11. The highest BCUT2D eigenvalue weighted by atomic mass is 16.5. The number of nitriles is 1. The van der Waals surface area contributed by atoms with Crippen LogP contribution >= 0.6 is 0 Å². The molecular weight excluding hydrogens is 252 g/mol. The third-order valence-corrected chi connectivity index (χ3v) is 2.95.